The number of hydrogen-bond donors (Lipinski definition) is 1. The number of halogens is 1. The summed E-state index contributed by atoms with van der Waals surface area (Å²) in [7, 11) is 0. The molecule has 0 aromatic carbocycles. The van der Waals surface area contributed by atoms with Crippen LogP contribution in [0.25, 0.3) is 0 Å². The second-order valence-electron chi connectivity index (χ2n) is 4.28. The average Bonchev–Trinajstić information content (AvgIpc) is 2.63. The van der Waals surface area contributed by atoms with Crippen LogP contribution in [0.5, 0.6) is 0 Å². The van der Waals surface area contributed by atoms with Crippen molar-refractivity contribution in [1.82, 2.24) is 5.32 Å². The first kappa shape index (κ1) is 13.0. The van der Waals surface area contributed by atoms with Gasteiger partial charge in [0.1, 0.15) is 5.60 Å². The lowest BCUT2D eigenvalue weighted by Crippen LogP contribution is -2.45. The Morgan fingerprint density at radius 1 is 1.67 bits per heavy atom. The second kappa shape index (κ2) is 5.85. The molecule has 0 bridgehead atoms. The Labute approximate surface area is 100 Å². The molecule has 1 aliphatic heterocycles. The molecule has 1 heterocycles. The van der Waals surface area contributed by atoms with Gasteiger partial charge in [0.2, 0.25) is 0 Å². The highest BCUT2D eigenvalue weighted by molar-refractivity contribution is 9.09. The Morgan fingerprint density at radius 3 is 2.93 bits per heavy atom. The summed E-state index contributed by atoms with van der Waals surface area (Å²) >= 11 is 3.54. The van der Waals surface area contributed by atoms with Crippen molar-refractivity contribution in [3.63, 3.8) is 0 Å². The van der Waals surface area contributed by atoms with Gasteiger partial charge in [-0.05, 0) is 26.2 Å². The summed E-state index contributed by atoms with van der Waals surface area (Å²) in [6.07, 6.45) is 4.02. The van der Waals surface area contributed by atoms with E-state index in [4.69, 9.17) is 4.74 Å². The van der Waals surface area contributed by atoms with Crippen molar-refractivity contribution in [3.05, 3.63) is 0 Å². The third-order valence-electron chi connectivity index (χ3n) is 2.79. The van der Waals surface area contributed by atoms with Crippen molar-refractivity contribution in [1.29, 1.82) is 0 Å². The maximum Gasteiger partial charge on any atom is 0.252 e. The zero-order chi connectivity index (χ0) is 11.3. The van der Waals surface area contributed by atoms with Gasteiger partial charge in [0, 0.05) is 18.0 Å². The monoisotopic (exact) mass is 277 g/mol. The highest BCUT2D eigenvalue weighted by Gasteiger charge is 2.37. The molecule has 0 aromatic heterocycles. The number of carbonyl (C=O) groups is 1. The number of nitrogens with one attached hydrogen (secondary N) is 1. The van der Waals surface area contributed by atoms with Crippen molar-refractivity contribution in [2.24, 2.45) is 0 Å². The minimum Gasteiger partial charge on any atom is -0.365 e. The molecule has 4 heteroatoms. The number of ether oxygens (including phenoxy) is 1. The topological polar surface area (TPSA) is 38.3 Å². The van der Waals surface area contributed by atoms with E-state index >= 15 is 0 Å². The molecular weight excluding hydrogens is 258 g/mol. The van der Waals surface area contributed by atoms with Gasteiger partial charge in [-0.2, -0.15) is 0 Å². The smallest absolute Gasteiger partial charge is 0.252 e. The fourth-order valence-electron chi connectivity index (χ4n) is 1.76. The molecule has 0 radical (unpaired) electrons. The van der Waals surface area contributed by atoms with Crippen molar-refractivity contribution < 1.29 is 9.53 Å². The second-order valence-corrected chi connectivity index (χ2v) is 5.57. The van der Waals surface area contributed by atoms with Crippen LogP contribution in [0.1, 0.15) is 39.5 Å². The van der Waals surface area contributed by atoms with Crippen LogP contribution in [0.2, 0.25) is 0 Å². The van der Waals surface area contributed by atoms with Crippen LogP contribution in [0, 0.1) is 0 Å². The Kier molecular flexibility index (Phi) is 5.06. The van der Waals surface area contributed by atoms with E-state index in [1.165, 1.54) is 0 Å². The normalized spacial score (nSPS) is 27.7. The van der Waals surface area contributed by atoms with Crippen molar-refractivity contribution >= 4 is 21.8 Å². The molecule has 0 aromatic rings. The van der Waals surface area contributed by atoms with E-state index in [0.717, 1.165) is 25.7 Å². The predicted molar refractivity (Wildman–Crippen MR) is 64.2 cm³/mol. The van der Waals surface area contributed by atoms with E-state index in [2.05, 4.69) is 28.2 Å². The summed E-state index contributed by atoms with van der Waals surface area (Å²) in [6.45, 7) is 5.40. The summed E-state index contributed by atoms with van der Waals surface area (Å²) in [5.74, 6) is 0.0283. The maximum absolute atomic E-state index is 11.8. The van der Waals surface area contributed by atoms with Gasteiger partial charge in [-0.25, -0.2) is 0 Å². The van der Waals surface area contributed by atoms with Gasteiger partial charge in [0.15, 0.2) is 0 Å². The van der Waals surface area contributed by atoms with Gasteiger partial charge < -0.3 is 10.1 Å². The highest BCUT2D eigenvalue weighted by Crippen LogP contribution is 2.25. The summed E-state index contributed by atoms with van der Waals surface area (Å²) in [6, 6.07) is 0. The van der Waals surface area contributed by atoms with Crippen molar-refractivity contribution in [3.8, 4) is 0 Å². The first-order valence-corrected chi connectivity index (χ1v) is 6.56. The first-order chi connectivity index (χ1) is 7.08. The summed E-state index contributed by atoms with van der Waals surface area (Å²) in [5, 5.41) is 2.94. The molecular formula is C11H20BrNO2. The molecule has 1 N–H and O–H groups in total. The Balaban J connectivity index is 2.29. The Bertz CT molecular complexity index is 215. The van der Waals surface area contributed by atoms with E-state index in [1.807, 2.05) is 6.92 Å². The molecule has 0 aliphatic carbocycles. The van der Waals surface area contributed by atoms with Crippen LogP contribution in [0.3, 0.4) is 0 Å². The molecule has 15 heavy (non-hydrogen) atoms. The Morgan fingerprint density at radius 2 is 2.40 bits per heavy atom. The minimum atomic E-state index is -0.584. The van der Waals surface area contributed by atoms with E-state index < -0.39 is 5.60 Å². The SMILES string of the molecule is CCCC(Br)CNC(=O)C1(C)CCCO1. The Hall–Kier alpha value is -0.0900. The van der Waals surface area contributed by atoms with Crippen LogP contribution in [0.15, 0.2) is 0 Å². The van der Waals surface area contributed by atoms with Crippen LogP contribution < -0.4 is 5.32 Å². The summed E-state index contributed by atoms with van der Waals surface area (Å²) in [4.78, 5) is 12.2. The van der Waals surface area contributed by atoms with Crippen molar-refractivity contribution in [2.75, 3.05) is 13.2 Å². The molecule has 0 saturated carbocycles. The number of amides is 1. The fourth-order valence-corrected chi connectivity index (χ4v) is 2.38. The molecule has 1 fully saturated rings. The van der Waals surface area contributed by atoms with Gasteiger partial charge in [0.25, 0.3) is 5.91 Å². The van der Waals surface area contributed by atoms with Crippen LogP contribution in [-0.4, -0.2) is 29.5 Å². The number of hydrogen-bond acceptors (Lipinski definition) is 2. The highest BCUT2D eigenvalue weighted by atomic mass is 79.9. The molecule has 0 spiro atoms. The molecule has 1 aliphatic rings. The first-order valence-electron chi connectivity index (χ1n) is 5.65. The number of alkyl halides is 1. The summed E-state index contributed by atoms with van der Waals surface area (Å²) < 4.78 is 5.47. The van der Waals surface area contributed by atoms with Gasteiger partial charge in [-0.1, -0.05) is 29.3 Å². The van der Waals surface area contributed by atoms with Crippen molar-refractivity contribution in [2.45, 2.75) is 50.0 Å². The standard InChI is InChI=1S/C11H20BrNO2/c1-3-5-9(12)8-13-10(14)11(2)6-4-7-15-11/h9H,3-8H2,1-2H3,(H,13,14). The molecule has 1 rings (SSSR count). The number of rotatable bonds is 5. The largest absolute Gasteiger partial charge is 0.365 e. The fraction of sp³-hybridized carbons (Fsp3) is 0.909. The minimum absolute atomic E-state index is 0.0283. The summed E-state index contributed by atoms with van der Waals surface area (Å²) in [5.41, 5.74) is -0.584. The molecule has 2 unspecified atom stereocenters. The molecule has 1 amide bonds. The molecule has 88 valence electrons. The van der Waals surface area contributed by atoms with Gasteiger partial charge in [-0.15, -0.1) is 0 Å². The third kappa shape index (κ3) is 3.76. The van der Waals surface area contributed by atoms with Crippen LogP contribution >= 0.6 is 15.9 Å². The lowest BCUT2D eigenvalue weighted by molar-refractivity contribution is -0.139. The third-order valence-corrected chi connectivity index (χ3v) is 3.57. The zero-order valence-corrected chi connectivity index (χ0v) is 11.1. The quantitative estimate of drug-likeness (QED) is 0.783. The van der Waals surface area contributed by atoms with Gasteiger partial charge >= 0.3 is 0 Å². The van der Waals surface area contributed by atoms with Gasteiger partial charge in [-0.3, -0.25) is 4.79 Å². The van der Waals surface area contributed by atoms with E-state index in [1.54, 1.807) is 0 Å². The molecule has 1 saturated heterocycles. The lowest BCUT2D eigenvalue weighted by Gasteiger charge is -2.22. The van der Waals surface area contributed by atoms with Crippen LogP contribution in [0.4, 0.5) is 0 Å². The maximum atomic E-state index is 11.8. The van der Waals surface area contributed by atoms with Crippen LogP contribution in [-0.2, 0) is 9.53 Å². The predicted octanol–water partition coefficient (Wildman–Crippen LogP) is 2.24. The molecule has 3 nitrogen and oxygen atoms in total. The van der Waals surface area contributed by atoms with E-state index in [9.17, 15) is 4.79 Å². The van der Waals surface area contributed by atoms with E-state index in [0.29, 0.717) is 18.0 Å². The zero-order valence-electron chi connectivity index (χ0n) is 9.51. The number of carbonyl (C=O) groups excluding carboxylic acids is 1. The lowest BCUT2D eigenvalue weighted by atomic mass is 10.0. The van der Waals surface area contributed by atoms with Gasteiger partial charge in [0.05, 0.1) is 0 Å². The molecule has 2 atom stereocenters. The van der Waals surface area contributed by atoms with E-state index in [-0.39, 0.29) is 5.91 Å². The average molecular weight is 278 g/mol.